The van der Waals surface area contributed by atoms with Gasteiger partial charge in [-0.25, -0.2) is 13.6 Å². The third kappa shape index (κ3) is 2.30. The van der Waals surface area contributed by atoms with Crippen molar-refractivity contribution in [2.45, 2.75) is 19.4 Å². The maximum Gasteiger partial charge on any atom is 0.322 e. The second-order valence-electron chi connectivity index (χ2n) is 5.25. The quantitative estimate of drug-likeness (QED) is 0.913. The van der Waals surface area contributed by atoms with E-state index in [0.717, 1.165) is 12.1 Å². The molecule has 114 valence electrons. The summed E-state index contributed by atoms with van der Waals surface area (Å²) >= 11 is 0. The molecule has 1 N–H and O–H groups in total. The third-order valence-electron chi connectivity index (χ3n) is 3.82. The number of hydrogen-bond donors (Lipinski definition) is 1. The number of urea groups is 1. The van der Waals surface area contributed by atoms with E-state index in [1.54, 1.807) is 6.08 Å². The molecule has 0 radical (unpaired) electrons. The SMILES string of the molecule is CC(=O)C1=C2C=CCCN2C(=O)NC1c1ccc(F)c(F)c1. The van der Waals surface area contributed by atoms with E-state index in [4.69, 9.17) is 0 Å². The molecule has 2 aliphatic rings. The lowest BCUT2D eigenvalue weighted by Gasteiger charge is -2.37. The van der Waals surface area contributed by atoms with Crippen molar-refractivity contribution in [3.63, 3.8) is 0 Å². The topological polar surface area (TPSA) is 49.4 Å². The maximum absolute atomic E-state index is 13.5. The molecule has 6 heteroatoms. The molecule has 4 nitrogen and oxygen atoms in total. The van der Waals surface area contributed by atoms with Gasteiger partial charge in [-0.3, -0.25) is 9.69 Å². The lowest BCUT2D eigenvalue weighted by molar-refractivity contribution is -0.114. The van der Waals surface area contributed by atoms with Crippen LogP contribution in [0.5, 0.6) is 0 Å². The molecular weight excluding hydrogens is 290 g/mol. The van der Waals surface area contributed by atoms with Crippen molar-refractivity contribution < 1.29 is 18.4 Å². The van der Waals surface area contributed by atoms with Gasteiger partial charge in [0.25, 0.3) is 0 Å². The number of hydrogen-bond acceptors (Lipinski definition) is 2. The van der Waals surface area contributed by atoms with E-state index >= 15 is 0 Å². The summed E-state index contributed by atoms with van der Waals surface area (Å²) in [5.41, 5.74) is 1.24. The standard InChI is InChI=1S/C16H14F2N2O2/c1-9(21)14-13-4-2-3-7-20(13)16(22)19-15(14)10-5-6-11(17)12(18)8-10/h2,4-6,8,15H,3,7H2,1H3,(H,19,22). The Morgan fingerprint density at radius 3 is 2.77 bits per heavy atom. The predicted molar refractivity (Wildman–Crippen MR) is 75.8 cm³/mol. The molecule has 1 unspecified atom stereocenters. The second-order valence-corrected chi connectivity index (χ2v) is 5.25. The first-order valence-corrected chi connectivity index (χ1v) is 6.93. The van der Waals surface area contributed by atoms with Gasteiger partial charge < -0.3 is 5.32 Å². The number of carbonyl (C=O) groups excluding carboxylic acids is 2. The Hall–Kier alpha value is -2.50. The summed E-state index contributed by atoms with van der Waals surface area (Å²) in [6.07, 6.45) is 4.32. The minimum Gasteiger partial charge on any atom is -0.327 e. The zero-order chi connectivity index (χ0) is 15.9. The Balaban J connectivity index is 2.15. The highest BCUT2D eigenvalue weighted by Gasteiger charge is 2.35. The number of ketones is 1. The van der Waals surface area contributed by atoms with E-state index in [0.29, 0.717) is 29.8 Å². The summed E-state index contributed by atoms with van der Waals surface area (Å²) in [6, 6.07) is 2.23. The van der Waals surface area contributed by atoms with Gasteiger partial charge in [-0.2, -0.15) is 0 Å². The summed E-state index contributed by atoms with van der Waals surface area (Å²) in [6.45, 7) is 1.88. The number of rotatable bonds is 2. The lowest BCUT2D eigenvalue weighted by atomic mass is 9.91. The van der Waals surface area contributed by atoms with E-state index in [1.165, 1.54) is 17.9 Å². The van der Waals surface area contributed by atoms with Gasteiger partial charge in [0.2, 0.25) is 0 Å². The molecule has 0 fully saturated rings. The van der Waals surface area contributed by atoms with Crippen LogP contribution in [0.3, 0.4) is 0 Å². The average Bonchev–Trinajstić information content (AvgIpc) is 2.49. The molecule has 1 aromatic carbocycles. The number of fused-ring (bicyclic) bond motifs is 1. The van der Waals surface area contributed by atoms with Crippen LogP contribution in [0.1, 0.15) is 24.9 Å². The summed E-state index contributed by atoms with van der Waals surface area (Å²) in [7, 11) is 0. The van der Waals surface area contributed by atoms with Crippen LogP contribution >= 0.6 is 0 Å². The van der Waals surface area contributed by atoms with Crippen LogP contribution in [0.15, 0.2) is 41.6 Å². The summed E-state index contributed by atoms with van der Waals surface area (Å²) in [5.74, 6) is -2.20. The van der Waals surface area contributed by atoms with Crippen LogP contribution in [0.4, 0.5) is 13.6 Å². The Kier molecular flexibility index (Phi) is 3.52. The molecule has 22 heavy (non-hydrogen) atoms. The fraction of sp³-hybridized carbons (Fsp3) is 0.250. The van der Waals surface area contributed by atoms with Gasteiger partial charge in [-0.15, -0.1) is 0 Å². The maximum atomic E-state index is 13.5. The van der Waals surface area contributed by atoms with Crippen molar-refractivity contribution >= 4 is 11.8 Å². The number of nitrogens with one attached hydrogen (secondary N) is 1. The number of benzene rings is 1. The molecule has 0 aliphatic carbocycles. The molecule has 2 aliphatic heterocycles. The number of Topliss-reactive ketones (excluding diaryl/α,β-unsaturated/α-hetero) is 1. The zero-order valence-corrected chi connectivity index (χ0v) is 11.9. The molecule has 0 bridgehead atoms. The Morgan fingerprint density at radius 2 is 2.09 bits per heavy atom. The Labute approximate surface area is 126 Å². The fourth-order valence-electron chi connectivity index (χ4n) is 2.80. The van der Waals surface area contributed by atoms with Gasteiger partial charge in [-0.05, 0) is 37.1 Å². The highest BCUT2D eigenvalue weighted by atomic mass is 19.2. The van der Waals surface area contributed by atoms with Gasteiger partial charge in [0.1, 0.15) is 0 Å². The number of allylic oxidation sites excluding steroid dienone is 1. The molecule has 0 saturated carbocycles. The molecule has 2 amide bonds. The molecule has 0 aromatic heterocycles. The van der Waals surface area contributed by atoms with Crippen molar-refractivity contribution in [1.29, 1.82) is 0 Å². The first kappa shape index (κ1) is 14.4. The van der Waals surface area contributed by atoms with Crippen molar-refractivity contribution in [3.8, 4) is 0 Å². The lowest BCUT2D eigenvalue weighted by Crippen LogP contribution is -2.48. The average molecular weight is 304 g/mol. The minimum atomic E-state index is -1.01. The zero-order valence-electron chi connectivity index (χ0n) is 11.9. The number of amides is 2. The highest BCUT2D eigenvalue weighted by Crippen LogP contribution is 2.33. The summed E-state index contributed by atoms with van der Waals surface area (Å²) < 4.78 is 26.6. The molecule has 1 atom stereocenters. The Bertz CT molecular complexity index is 725. The summed E-state index contributed by atoms with van der Waals surface area (Å²) in [4.78, 5) is 25.8. The highest BCUT2D eigenvalue weighted by molar-refractivity contribution is 5.99. The third-order valence-corrected chi connectivity index (χ3v) is 3.82. The van der Waals surface area contributed by atoms with Crippen molar-refractivity contribution in [2.24, 2.45) is 0 Å². The first-order chi connectivity index (χ1) is 10.5. The molecule has 0 saturated heterocycles. The smallest absolute Gasteiger partial charge is 0.322 e. The van der Waals surface area contributed by atoms with Crippen LogP contribution in [-0.2, 0) is 4.79 Å². The van der Waals surface area contributed by atoms with Gasteiger partial charge in [0.05, 0.1) is 11.7 Å². The van der Waals surface area contributed by atoms with Crippen LogP contribution in [0, 0.1) is 11.6 Å². The van der Waals surface area contributed by atoms with Gasteiger partial charge in [0.15, 0.2) is 17.4 Å². The first-order valence-electron chi connectivity index (χ1n) is 6.93. The summed E-state index contributed by atoms with van der Waals surface area (Å²) in [5, 5.41) is 2.70. The normalized spacial score (nSPS) is 20.8. The Morgan fingerprint density at radius 1 is 1.32 bits per heavy atom. The predicted octanol–water partition coefficient (Wildman–Crippen LogP) is 2.83. The van der Waals surface area contributed by atoms with Crippen LogP contribution in [0.25, 0.3) is 0 Å². The van der Waals surface area contributed by atoms with Crippen molar-refractivity contribution in [1.82, 2.24) is 10.2 Å². The van der Waals surface area contributed by atoms with E-state index in [2.05, 4.69) is 5.32 Å². The van der Waals surface area contributed by atoms with E-state index in [-0.39, 0.29) is 11.8 Å². The number of halogens is 2. The fourth-order valence-corrected chi connectivity index (χ4v) is 2.80. The minimum absolute atomic E-state index is 0.221. The van der Waals surface area contributed by atoms with E-state index < -0.39 is 17.7 Å². The van der Waals surface area contributed by atoms with Crippen molar-refractivity contribution in [2.75, 3.05) is 6.54 Å². The largest absolute Gasteiger partial charge is 0.327 e. The van der Waals surface area contributed by atoms with Gasteiger partial charge in [0, 0.05) is 12.1 Å². The second kappa shape index (κ2) is 5.36. The van der Waals surface area contributed by atoms with Crippen LogP contribution in [0.2, 0.25) is 0 Å². The van der Waals surface area contributed by atoms with Crippen LogP contribution < -0.4 is 5.32 Å². The molecular formula is C16H14F2N2O2. The molecule has 0 spiro atoms. The van der Waals surface area contributed by atoms with E-state index in [9.17, 15) is 18.4 Å². The van der Waals surface area contributed by atoms with E-state index in [1.807, 2.05) is 6.08 Å². The molecule has 1 aromatic rings. The van der Waals surface area contributed by atoms with Crippen LogP contribution in [-0.4, -0.2) is 23.3 Å². The number of carbonyl (C=O) groups is 2. The monoisotopic (exact) mass is 304 g/mol. The van der Waals surface area contributed by atoms with Crippen molar-refractivity contribution in [3.05, 3.63) is 58.8 Å². The number of nitrogens with zero attached hydrogens (tertiary/aromatic N) is 1. The molecule has 2 heterocycles. The van der Waals surface area contributed by atoms with Gasteiger partial charge in [-0.1, -0.05) is 12.1 Å². The molecule has 3 rings (SSSR count). The van der Waals surface area contributed by atoms with Gasteiger partial charge >= 0.3 is 6.03 Å².